The lowest BCUT2D eigenvalue weighted by Crippen LogP contribution is -2.56. The third kappa shape index (κ3) is 2.34. The fourth-order valence-electron chi connectivity index (χ4n) is 3.70. The number of nitrogens with zero attached hydrogens (tertiary/aromatic N) is 1. The van der Waals surface area contributed by atoms with Gasteiger partial charge in [-0.1, -0.05) is 0 Å². The summed E-state index contributed by atoms with van der Waals surface area (Å²) in [5.74, 6) is -0.934. The Morgan fingerprint density at radius 1 is 1.16 bits per heavy atom. The van der Waals surface area contributed by atoms with E-state index in [4.69, 9.17) is 0 Å². The normalized spacial score (nSPS) is 30.5. The van der Waals surface area contributed by atoms with E-state index in [0.29, 0.717) is 23.8 Å². The first-order valence-corrected chi connectivity index (χ1v) is 7.09. The van der Waals surface area contributed by atoms with Crippen molar-refractivity contribution in [3.63, 3.8) is 0 Å². The van der Waals surface area contributed by atoms with Gasteiger partial charge in [-0.15, -0.1) is 0 Å². The zero-order chi connectivity index (χ0) is 13.4. The van der Waals surface area contributed by atoms with Crippen LogP contribution in [0.15, 0.2) is 18.2 Å². The second-order valence-corrected chi connectivity index (χ2v) is 5.70. The summed E-state index contributed by atoms with van der Waals surface area (Å²) in [6.45, 7) is 0. The van der Waals surface area contributed by atoms with Crippen molar-refractivity contribution in [2.45, 2.75) is 50.2 Å². The molecular weight excluding hydrogens is 246 g/mol. The summed E-state index contributed by atoms with van der Waals surface area (Å²) < 4.78 is 27.1. The Morgan fingerprint density at radius 3 is 2.42 bits per heavy atom. The predicted octanol–water partition coefficient (Wildman–Crippen LogP) is 3.07. The fourth-order valence-corrected chi connectivity index (χ4v) is 3.70. The van der Waals surface area contributed by atoms with Crippen LogP contribution in [0.1, 0.15) is 32.1 Å². The molecule has 0 aliphatic carbocycles. The van der Waals surface area contributed by atoms with Gasteiger partial charge in [0, 0.05) is 24.2 Å². The quantitative estimate of drug-likeness (QED) is 0.885. The lowest BCUT2D eigenvalue weighted by atomic mass is 9.81. The Balaban J connectivity index is 1.91. The molecule has 0 aromatic heterocycles. The first-order valence-electron chi connectivity index (χ1n) is 7.09. The Morgan fingerprint density at radius 2 is 1.84 bits per heavy atom. The van der Waals surface area contributed by atoms with Gasteiger partial charge in [-0.2, -0.15) is 0 Å². The highest BCUT2D eigenvalue weighted by Crippen LogP contribution is 2.38. The molecule has 2 fully saturated rings. The molecule has 2 atom stereocenters. The van der Waals surface area contributed by atoms with E-state index in [9.17, 15) is 8.78 Å². The second-order valence-electron chi connectivity index (χ2n) is 5.70. The van der Waals surface area contributed by atoms with Crippen LogP contribution in [0.25, 0.3) is 0 Å². The number of fused-ring (bicyclic) bond motifs is 2. The summed E-state index contributed by atoms with van der Waals surface area (Å²) in [4.78, 5) is 2.20. The topological polar surface area (TPSA) is 15.3 Å². The van der Waals surface area contributed by atoms with Crippen LogP contribution in [-0.4, -0.2) is 25.2 Å². The maximum Gasteiger partial charge on any atom is 0.149 e. The number of hydrogen-bond acceptors (Lipinski definition) is 2. The van der Waals surface area contributed by atoms with Crippen molar-refractivity contribution in [2.75, 3.05) is 11.9 Å². The fraction of sp³-hybridized carbons (Fsp3) is 0.600. The molecule has 2 nitrogen and oxygen atoms in total. The SMILES string of the molecule is CNC1CC2CCCC(C1)N2c1ccc(F)cc1F. The predicted molar refractivity (Wildman–Crippen MR) is 72.3 cm³/mol. The van der Waals surface area contributed by atoms with Crippen LogP contribution in [0.2, 0.25) is 0 Å². The van der Waals surface area contributed by atoms with Gasteiger partial charge in [0.25, 0.3) is 0 Å². The molecule has 0 saturated carbocycles. The first-order chi connectivity index (χ1) is 9.19. The minimum absolute atomic E-state index is 0.380. The van der Waals surface area contributed by atoms with Gasteiger partial charge < -0.3 is 10.2 Å². The molecule has 2 heterocycles. The Labute approximate surface area is 112 Å². The largest absolute Gasteiger partial charge is 0.363 e. The van der Waals surface area contributed by atoms with E-state index in [2.05, 4.69) is 10.2 Å². The highest BCUT2D eigenvalue weighted by atomic mass is 19.1. The average molecular weight is 266 g/mol. The molecule has 2 aliphatic heterocycles. The van der Waals surface area contributed by atoms with Gasteiger partial charge in [-0.05, 0) is 51.3 Å². The molecule has 2 saturated heterocycles. The molecule has 0 radical (unpaired) electrons. The standard InChI is InChI=1S/C15H20F2N2/c1-18-11-8-12-3-2-4-13(9-11)19(12)15-6-5-10(16)7-14(15)17/h5-7,11-13,18H,2-4,8-9H2,1H3. The highest BCUT2D eigenvalue weighted by Gasteiger charge is 2.38. The average Bonchev–Trinajstić information content (AvgIpc) is 2.37. The Hall–Kier alpha value is -1.16. The van der Waals surface area contributed by atoms with Crippen molar-refractivity contribution in [3.05, 3.63) is 29.8 Å². The molecule has 19 heavy (non-hydrogen) atoms. The third-order valence-electron chi connectivity index (χ3n) is 4.57. The van der Waals surface area contributed by atoms with Crippen LogP contribution in [0, 0.1) is 11.6 Å². The maximum absolute atomic E-state index is 14.0. The molecular formula is C15H20F2N2. The van der Waals surface area contributed by atoms with Gasteiger partial charge in [-0.3, -0.25) is 0 Å². The van der Waals surface area contributed by atoms with E-state index in [0.717, 1.165) is 31.7 Å². The summed E-state index contributed by atoms with van der Waals surface area (Å²) in [5, 5.41) is 3.35. The summed E-state index contributed by atoms with van der Waals surface area (Å²) >= 11 is 0. The zero-order valence-corrected chi connectivity index (χ0v) is 11.2. The van der Waals surface area contributed by atoms with Crippen molar-refractivity contribution >= 4 is 5.69 Å². The molecule has 1 aromatic carbocycles. The van der Waals surface area contributed by atoms with Crippen LogP contribution in [0.4, 0.5) is 14.5 Å². The van der Waals surface area contributed by atoms with E-state index in [1.807, 2.05) is 7.05 Å². The van der Waals surface area contributed by atoms with E-state index in [-0.39, 0.29) is 0 Å². The Kier molecular flexibility index (Phi) is 3.44. The highest BCUT2D eigenvalue weighted by molar-refractivity contribution is 5.51. The van der Waals surface area contributed by atoms with Gasteiger partial charge in [0.15, 0.2) is 0 Å². The van der Waals surface area contributed by atoms with E-state index < -0.39 is 11.6 Å². The number of rotatable bonds is 2. The van der Waals surface area contributed by atoms with Gasteiger partial charge in [0.05, 0.1) is 5.69 Å². The van der Waals surface area contributed by atoms with E-state index >= 15 is 0 Å². The minimum atomic E-state index is -0.503. The lowest BCUT2D eigenvalue weighted by Gasteiger charge is -2.50. The molecule has 3 rings (SSSR count). The van der Waals surface area contributed by atoms with Crippen LogP contribution in [0.3, 0.4) is 0 Å². The monoisotopic (exact) mass is 266 g/mol. The number of halogens is 2. The molecule has 1 aromatic rings. The summed E-state index contributed by atoms with van der Waals surface area (Å²) in [7, 11) is 1.99. The van der Waals surface area contributed by atoms with Gasteiger partial charge in [0.2, 0.25) is 0 Å². The van der Waals surface area contributed by atoms with Crippen molar-refractivity contribution in [1.29, 1.82) is 0 Å². The van der Waals surface area contributed by atoms with Crippen LogP contribution in [-0.2, 0) is 0 Å². The van der Waals surface area contributed by atoms with Crippen molar-refractivity contribution in [1.82, 2.24) is 5.32 Å². The summed E-state index contributed by atoms with van der Waals surface area (Å²) in [6, 6.07) is 5.23. The Bertz CT molecular complexity index is 449. The van der Waals surface area contributed by atoms with Gasteiger partial charge >= 0.3 is 0 Å². The van der Waals surface area contributed by atoms with Crippen molar-refractivity contribution in [3.8, 4) is 0 Å². The zero-order valence-electron chi connectivity index (χ0n) is 11.2. The molecule has 1 N–H and O–H groups in total. The van der Waals surface area contributed by atoms with Crippen molar-refractivity contribution in [2.24, 2.45) is 0 Å². The minimum Gasteiger partial charge on any atom is -0.363 e. The van der Waals surface area contributed by atoms with E-state index in [1.54, 1.807) is 6.07 Å². The van der Waals surface area contributed by atoms with Gasteiger partial charge in [0.1, 0.15) is 11.6 Å². The third-order valence-corrected chi connectivity index (χ3v) is 4.57. The molecule has 4 heteroatoms. The maximum atomic E-state index is 14.0. The van der Waals surface area contributed by atoms with Crippen molar-refractivity contribution < 1.29 is 8.78 Å². The molecule has 0 spiro atoms. The molecule has 2 bridgehead atoms. The number of benzene rings is 1. The van der Waals surface area contributed by atoms with E-state index in [1.165, 1.54) is 12.5 Å². The summed E-state index contributed by atoms with van der Waals surface area (Å²) in [5.41, 5.74) is 0.575. The number of hydrogen-bond donors (Lipinski definition) is 1. The lowest BCUT2D eigenvalue weighted by molar-refractivity contribution is 0.250. The van der Waals surface area contributed by atoms with Gasteiger partial charge in [-0.25, -0.2) is 8.78 Å². The smallest absolute Gasteiger partial charge is 0.149 e. The first kappa shape index (κ1) is 12.9. The van der Waals surface area contributed by atoms with Crippen LogP contribution >= 0.6 is 0 Å². The molecule has 2 unspecified atom stereocenters. The number of nitrogens with one attached hydrogen (secondary N) is 1. The van der Waals surface area contributed by atoms with Crippen LogP contribution in [0.5, 0.6) is 0 Å². The number of piperidine rings is 2. The molecule has 2 aliphatic rings. The summed E-state index contributed by atoms with van der Waals surface area (Å²) in [6.07, 6.45) is 5.51. The van der Waals surface area contributed by atoms with Crippen LogP contribution < -0.4 is 10.2 Å². The molecule has 0 amide bonds. The number of anilines is 1. The molecule has 104 valence electrons. The second kappa shape index (κ2) is 5.08.